The van der Waals surface area contributed by atoms with Crippen LogP contribution in [0.1, 0.15) is 74.9 Å². The Morgan fingerprint density at radius 2 is 1.84 bits per heavy atom. The molecular formula is C25H40N2O4S. The van der Waals surface area contributed by atoms with Gasteiger partial charge in [-0.05, 0) is 50.0 Å². The van der Waals surface area contributed by atoms with E-state index in [0.717, 1.165) is 69.1 Å². The molecule has 0 bridgehead atoms. The zero-order chi connectivity index (χ0) is 23.5. The van der Waals surface area contributed by atoms with Crippen LogP contribution in [0.5, 0.6) is 0 Å². The number of esters is 1. The van der Waals surface area contributed by atoms with E-state index in [2.05, 4.69) is 45.6 Å². The Labute approximate surface area is 197 Å². The fourth-order valence-electron chi connectivity index (χ4n) is 4.69. The second kappa shape index (κ2) is 10.7. The van der Waals surface area contributed by atoms with E-state index in [1.165, 1.54) is 18.4 Å². The van der Waals surface area contributed by atoms with E-state index in [9.17, 15) is 9.59 Å². The molecule has 1 unspecified atom stereocenters. The highest BCUT2D eigenvalue weighted by Gasteiger charge is 2.36. The summed E-state index contributed by atoms with van der Waals surface area (Å²) in [6.07, 6.45) is 4.01. The molecule has 1 aromatic heterocycles. The van der Waals surface area contributed by atoms with Gasteiger partial charge < -0.3 is 14.4 Å². The number of hydrogen-bond acceptors (Lipinski definition) is 6. The lowest BCUT2D eigenvalue weighted by Gasteiger charge is -2.38. The molecule has 1 saturated heterocycles. The van der Waals surface area contributed by atoms with Crippen LogP contribution < -0.4 is 4.90 Å². The standard InChI is InChI=1S/C25H40N2O4S/c1-17-7-9-19(10-8-17)23(28)27(18(2)16-26-11-13-31-14-12-26)20-15-21(25(3,4)5)32-22(20)24(29)30-6/h15,17-19H,7-14,16H2,1-6H3. The van der Waals surface area contributed by atoms with Crippen LogP contribution >= 0.6 is 11.3 Å². The molecule has 2 heterocycles. The highest BCUT2D eigenvalue weighted by atomic mass is 32.1. The summed E-state index contributed by atoms with van der Waals surface area (Å²) in [6, 6.07) is 2.00. The minimum atomic E-state index is -0.367. The molecule has 0 spiro atoms. The van der Waals surface area contributed by atoms with E-state index in [1.807, 2.05) is 4.90 Å². The van der Waals surface area contributed by atoms with Crippen LogP contribution in [0.4, 0.5) is 5.69 Å². The molecule has 1 atom stereocenters. The number of methoxy groups -OCH3 is 1. The number of ether oxygens (including phenoxy) is 2. The number of anilines is 1. The second-order valence-electron chi connectivity index (χ2n) is 10.5. The van der Waals surface area contributed by atoms with Gasteiger partial charge in [0.05, 0.1) is 26.0 Å². The van der Waals surface area contributed by atoms with Gasteiger partial charge >= 0.3 is 5.97 Å². The van der Waals surface area contributed by atoms with Gasteiger partial charge in [0.15, 0.2) is 0 Å². The topological polar surface area (TPSA) is 59.1 Å². The number of nitrogens with zero attached hydrogens (tertiary/aromatic N) is 2. The van der Waals surface area contributed by atoms with E-state index in [4.69, 9.17) is 9.47 Å². The molecule has 6 nitrogen and oxygen atoms in total. The number of morpholine rings is 1. The van der Waals surface area contributed by atoms with E-state index in [-0.39, 0.29) is 29.3 Å². The zero-order valence-electron chi connectivity index (χ0n) is 20.6. The molecule has 0 N–H and O–H groups in total. The normalized spacial score (nSPS) is 23.6. The summed E-state index contributed by atoms with van der Waals surface area (Å²) in [7, 11) is 1.41. The summed E-state index contributed by atoms with van der Waals surface area (Å²) in [4.78, 5) is 32.6. The lowest BCUT2D eigenvalue weighted by atomic mass is 9.82. The van der Waals surface area contributed by atoms with Crippen molar-refractivity contribution in [2.24, 2.45) is 11.8 Å². The van der Waals surface area contributed by atoms with Crippen molar-refractivity contribution in [3.8, 4) is 0 Å². The van der Waals surface area contributed by atoms with Crippen LogP contribution in [0.15, 0.2) is 6.07 Å². The molecule has 1 aromatic rings. The van der Waals surface area contributed by atoms with Gasteiger partial charge in [0.2, 0.25) is 5.91 Å². The van der Waals surface area contributed by atoms with Crippen molar-refractivity contribution in [2.75, 3.05) is 44.9 Å². The van der Waals surface area contributed by atoms with Crippen LogP contribution in [-0.2, 0) is 19.7 Å². The maximum Gasteiger partial charge on any atom is 0.350 e. The molecule has 2 aliphatic rings. The van der Waals surface area contributed by atoms with Crippen LogP contribution in [-0.4, -0.2) is 62.8 Å². The Morgan fingerprint density at radius 1 is 1.22 bits per heavy atom. The molecule has 3 rings (SSSR count). The summed E-state index contributed by atoms with van der Waals surface area (Å²) >= 11 is 1.45. The largest absolute Gasteiger partial charge is 0.465 e. The fraction of sp³-hybridized carbons (Fsp3) is 0.760. The summed E-state index contributed by atoms with van der Waals surface area (Å²) in [6.45, 7) is 14.7. The summed E-state index contributed by atoms with van der Waals surface area (Å²) in [5.74, 6) is 0.481. The predicted octanol–water partition coefficient (Wildman–Crippen LogP) is 4.71. The van der Waals surface area contributed by atoms with Crippen LogP contribution in [0.2, 0.25) is 0 Å². The van der Waals surface area contributed by atoms with Crippen molar-refractivity contribution < 1.29 is 19.1 Å². The third kappa shape index (κ3) is 5.91. The molecule has 0 radical (unpaired) electrons. The zero-order valence-corrected chi connectivity index (χ0v) is 21.4. The van der Waals surface area contributed by atoms with Gasteiger partial charge in [0.25, 0.3) is 0 Å². The lowest BCUT2D eigenvalue weighted by Crippen LogP contribution is -2.50. The van der Waals surface area contributed by atoms with Gasteiger partial charge in [-0.25, -0.2) is 4.79 Å². The van der Waals surface area contributed by atoms with Crippen molar-refractivity contribution in [1.82, 2.24) is 4.90 Å². The first kappa shape index (κ1) is 25.2. The Balaban J connectivity index is 1.98. The summed E-state index contributed by atoms with van der Waals surface area (Å²) in [5, 5.41) is 0. The predicted molar refractivity (Wildman–Crippen MR) is 130 cm³/mol. The number of carbonyl (C=O) groups is 2. The minimum absolute atomic E-state index is 0.0156. The quantitative estimate of drug-likeness (QED) is 0.571. The van der Waals surface area contributed by atoms with E-state index < -0.39 is 0 Å². The third-order valence-corrected chi connectivity index (χ3v) is 8.28. The summed E-state index contributed by atoms with van der Waals surface area (Å²) in [5.41, 5.74) is 0.602. The first-order valence-electron chi connectivity index (χ1n) is 12.0. The number of rotatable bonds is 6. The molecule has 1 saturated carbocycles. The van der Waals surface area contributed by atoms with Gasteiger partial charge in [0, 0.05) is 36.5 Å². The van der Waals surface area contributed by atoms with Gasteiger partial charge in [-0.15, -0.1) is 11.3 Å². The smallest absolute Gasteiger partial charge is 0.350 e. The van der Waals surface area contributed by atoms with E-state index in [0.29, 0.717) is 10.8 Å². The maximum atomic E-state index is 13.9. The Morgan fingerprint density at radius 3 is 2.41 bits per heavy atom. The molecule has 32 heavy (non-hydrogen) atoms. The first-order valence-corrected chi connectivity index (χ1v) is 12.8. The van der Waals surface area contributed by atoms with Gasteiger partial charge in [0.1, 0.15) is 4.88 Å². The number of carbonyl (C=O) groups excluding carboxylic acids is 2. The van der Waals surface area contributed by atoms with Crippen molar-refractivity contribution in [3.63, 3.8) is 0 Å². The number of amides is 1. The first-order chi connectivity index (χ1) is 15.1. The number of thiophene rings is 1. The number of hydrogen-bond donors (Lipinski definition) is 0. The highest BCUT2D eigenvalue weighted by molar-refractivity contribution is 7.14. The monoisotopic (exact) mass is 464 g/mol. The van der Waals surface area contributed by atoms with Crippen LogP contribution in [0.25, 0.3) is 0 Å². The molecule has 1 aliphatic heterocycles. The Kier molecular flexibility index (Phi) is 8.39. The van der Waals surface area contributed by atoms with E-state index >= 15 is 0 Å². The van der Waals surface area contributed by atoms with Crippen molar-refractivity contribution >= 4 is 28.9 Å². The average molecular weight is 465 g/mol. The molecule has 2 fully saturated rings. The molecule has 7 heteroatoms. The maximum absolute atomic E-state index is 13.9. The summed E-state index contributed by atoms with van der Waals surface area (Å²) < 4.78 is 10.6. The van der Waals surface area contributed by atoms with Crippen molar-refractivity contribution in [1.29, 1.82) is 0 Å². The minimum Gasteiger partial charge on any atom is -0.465 e. The van der Waals surface area contributed by atoms with Crippen molar-refractivity contribution in [3.05, 3.63) is 15.8 Å². The van der Waals surface area contributed by atoms with Crippen LogP contribution in [0, 0.1) is 11.8 Å². The van der Waals surface area contributed by atoms with Gasteiger partial charge in [-0.1, -0.05) is 27.7 Å². The third-order valence-electron chi connectivity index (χ3n) is 6.75. The van der Waals surface area contributed by atoms with Crippen molar-refractivity contribution in [2.45, 2.75) is 71.8 Å². The Bertz CT molecular complexity index is 786. The SMILES string of the molecule is COC(=O)c1sc(C(C)(C)C)cc1N(C(=O)C1CCC(C)CC1)C(C)CN1CCOCC1. The fourth-order valence-corrected chi connectivity index (χ4v) is 5.81. The van der Waals surface area contributed by atoms with Gasteiger partial charge in [-0.3, -0.25) is 9.69 Å². The molecule has 1 amide bonds. The lowest BCUT2D eigenvalue weighted by molar-refractivity contribution is -0.124. The van der Waals surface area contributed by atoms with Gasteiger partial charge in [-0.2, -0.15) is 0 Å². The average Bonchev–Trinajstić information content (AvgIpc) is 3.20. The highest BCUT2D eigenvalue weighted by Crippen LogP contribution is 2.40. The Hall–Kier alpha value is -1.44. The molecule has 0 aromatic carbocycles. The van der Waals surface area contributed by atoms with E-state index in [1.54, 1.807) is 0 Å². The molecule has 180 valence electrons. The molecular weight excluding hydrogens is 424 g/mol. The van der Waals surface area contributed by atoms with Crippen LogP contribution in [0.3, 0.4) is 0 Å². The molecule has 1 aliphatic carbocycles. The second-order valence-corrected chi connectivity index (χ2v) is 11.5.